The molecule has 6 atom stereocenters. The number of rotatable bonds is 7. The van der Waals surface area contributed by atoms with Gasteiger partial charge in [0.1, 0.15) is 0 Å². The summed E-state index contributed by atoms with van der Waals surface area (Å²) in [4.78, 5) is 0. The first-order chi connectivity index (χ1) is 11.8. The van der Waals surface area contributed by atoms with E-state index >= 15 is 0 Å². The summed E-state index contributed by atoms with van der Waals surface area (Å²) in [5.74, 6) is 5.84. The third-order valence-corrected chi connectivity index (χ3v) is 12.0. The zero-order valence-corrected chi connectivity index (χ0v) is 19.5. The first-order valence-corrected chi connectivity index (χ1v) is 13.6. The number of hydrogen-bond donors (Lipinski definition) is 0. The molecule has 0 amide bonds. The van der Waals surface area contributed by atoms with Crippen LogP contribution < -0.4 is 0 Å². The fourth-order valence-corrected chi connectivity index (χ4v) is 12.0. The van der Waals surface area contributed by atoms with E-state index in [0.717, 1.165) is 46.6 Å². The van der Waals surface area contributed by atoms with E-state index in [1.54, 1.807) is 18.9 Å². The van der Waals surface area contributed by atoms with E-state index < -0.39 is 0 Å². The van der Waals surface area contributed by atoms with E-state index in [4.69, 9.17) is 0 Å². The summed E-state index contributed by atoms with van der Waals surface area (Å²) in [7, 11) is -0.259. The minimum atomic E-state index is -0.259. The van der Waals surface area contributed by atoms with Crippen molar-refractivity contribution in [2.24, 2.45) is 35.5 Å². The van der Waals surface area contributed by atoms with E-state index in [1.165, 1.54) is 38.5 Å². The lowest BCUT2D eigenvalue weighted by Gasteiger charge is -2.48. The molecule has 0 aromatic carbocycles. The minimum absolute atomic E-state index is 0.259. The van der Waals surface area contributed by atoms with Gasteiger partial charge in [0.25, 0.3) is 0 Å². The second-order valence-electron chi connectivity index (χ2n) is 10.5. The average molecular weight is 364 g/mol. The lowest BCUT2D eigenvalue weighted by Crippen LogP contribution is -2.42. The molecule has 0 spiro atoms. The van der Waals surface area contributed by atoms with Crippen molar-refractivity contribution in [2.45, 2.75) is 117 Å². The Labute approximate surface area is 161 Å². The fraction of sp³-hybridized carbons (Fsp3) is 1.00. The summed E-state index contributed by atoms with van der Waals surface area (Å²) in [5.41, 5.74) is 2.22. The number of unbranched alkanes of at least 4 members (excludes halogenated alkanes) is 1. The Morgan fingerprint density at radius 3 is 1.56 bits per heavy atom. The van der Waals surface area contributed by atoms with E-state index in [9.17, 15) is 0 Å². The second kappa shape index (κ2) is 9.95. The molecule has 0 aromatic heterocycles. The predicted octanol–water partition coefficient (Wildman–Crippen LogP) is 8.21. The molecular formula is C24H47Si. The summed E-state index contributed by atoms with van der Waals surface area (Å²) in [6, 6.07) is 1.61. The second-order valence-corrected chi connectivity index (χ2v) is 13.7. The van der Waals surface area contributed by atoms with Crippen LogP contribution in [0.5, 0.6) is 0 Å². The van der Waals surface area contributed by atoms with Gasteiger partial charge >= 0.3 is 0 Å². The third-order valence-electron chi connectivity index (χ3n) is 7.82. The van der Waals surface area contributed by atoms with Crippen LogP contribution in [0.2, 0.25) is 17.1 Å². The van der Waals surface area contributed by atoms with Gasteiger partial charge < -0.3 is 0 Å². The highest BCUT2D eigenvalue weighted by atomic mass is 28.3. The Balaban J connectivity index is 2.27. The molecule has 2 rings (SSSR count). The largest absolute Gasteiger partial charge is 0.0654 e. The SMILES string of the molecule is CCCC[Si](C1CC(C)CCC1C(C)C)[C@@H]1CC(C)CCC1C(C)C. The van der Waals surface area contributed by atoms with Gasteiger partial charge in [0.15, 0.2) is 0 Å². The van der Waals surface area contributed by atoms with Crippen molar-refractivity contribution in [2.75, 3.05) is 0 Å². The van der Waals surface area contributed by atoms with Crippen molar-refractivity contribution in [1.29, 1.82) is 0 Å². The topological polar surface area (TPSA) is 0 Å². The molecule has 0 N–H and O–H groups in total. The van der Waals surface area contributed by atoms with Crippen LogP contribution in [0, 0.1) is 35.5 Å². The van der Waals surface area contributed by atoms with Crippen LogP contribution >= 0.6 is 0 Å². The van der Waals surface area contributed by atoms with Gasteiger partial charge in [0.05, 0.1) is 8.80 Å². The normalized spacial score (nSPS) is 37.2. The van der Waals surface area contributed by atoms with Crippen LogP contribution in [-0.2, 0) is 0 Å². The molecule has 2 aliphatic rings. The Morgan fingerprint density at radius 1 is 0.760 bits per heavy atom. The van der Waals surface area contributed by atoms with Crippen molar-refractivity contribution in [3.63, 3.8) is 0 Å². The highest BCUT2D eigenvalue weighted by molar-refractivity contribution is 6.62. The molecule has 2 saturated carbocycles. The van der Waals surface area contributed by atoms with Gasteiger partial charge in [-0.1, -0.05) is 93.0 Å². The van der Waals surface area contributed by atoms with Crippen LogP contribution in [0.3, 0.4) is 0 Å². The van der Waals surface area contributed by atoms with E-state index in [2.05, 4.69) is 48.5 Å². The van der Waals surface area contributed by atoms with Gasteiger partial charge in [-0.2, -0.15) is 0 Å². The predicted molar refractivity (Wildman–Crippen MR) is 116 cm³/mol. The van der Waals surface area contributed by atoms with E-state index in [0.29, 0.717) is 0 Å². The van der Waals surface area contributed by atoms with Gasteiger partial charge in [0.2, 0.25) is 0 Å². The molecule has 25 heavy (non-hydrogen) atoms. The van der Waals surface area contributed by atoms with Gasteiger partial charge in [-0.15, -0.1) is 0 Å². The van der Waals surface area contributed by atoms with Gasteiger partial charge in [-0.05, 0) is 59.4 Å². The molecule has 0 aliphatic heterocycles. The van der Waals surface area contributed by atoms with E-state index in [-0.39, 0.29) is 8.80 Å². The molecule has 2 fully saturated rings. The average Bonchev–Trinajstić information content (AvgIpc) is 2.55. The molecule has 1 heteroatoms. The van der Waals surface area contributed by atoms with Crippen molar-refractivity contribution in [3.8, 4) is 0 Å². The summed E-state index contributed by atoms with van der Waals surface area (Å²) in [5, 5.41) is 0. The summed E-state index contributed by atoms with van der Waals surface area (Å²) in [6.07, 6.45) is 12.1. The maximum absolute atomic E-state index is 2.55. The maximum atomic E-state index is 2.55. The minimum Gasteiger partial charge on any atom is -0.0654 e. The smallest absolute Gasteiger partial charge is 0.0551 e. The molecular weight excluding hydrogens is 316 g/mol. The monoisotopic (exact) mass is 363 g/mol. The molecule has 5 unspecified atom stereocenters. The van der Waals surface area contributed by atoms with Crippen LogP contribution in [0.4, 0.5) is 0 Å². The Morgan fingerprint density at radius 2 is 1.20 bits per heavy atom. The lowest BCUT2D eigenvalue weighted by molar-refractivity contribution is 0.207. The standard InChI is InChI=1S/C24H47Si/c1-8-9-14-25(23-15-19(6)10-12-21(23)17(2)3)24-16-20(7)11-13-22(24)18(4)5/h17-24H,8-16H2,1-7H3/t19?,20?,21?,22?,23-,24?/m1/s1. The maximum Gasteiger partial charge on any atom is 0.0551 e. The fourth-order valence-electron chi connectivity index (χ4n) is 6.28. The molecule has 2 aliphatic carbocycles. The molecule has 147 valence electrons. The van der Waals surface area contributed by atoms with Gasteiger partial charge in [-0.25, -0.2) is 0 Å². The van der Waals surface area contributed by atoms with Crippen LogP contribution in [0.25, 0.3) is 0 Å². The Bertz CT molecular complexity index is 342. The van der Waals surface area contributed by atoms with E-state index in [1.807, 2.05) is 0 Å². The molecule has 0 heterocycles. The third kappa shape index (κ3) is 5.60. The molecule has 0 saturated heterocycles. The highest BCUT2D eigenvalue weighted by Crippen LogP contribution is 2.53. The van der Waals surface area contributed by atoms with Crippen molar-refractivity contribution >= 4 is 8.80 Å². The van der Waals surface area contributed by atoms with Crippen LogP contribution in [0.15, 0.2) is 0 Å². The molecule has 0 nitrogen and oxygen atoms in total. The van der Waals surface area contributed by atoms with Gasteiger partial charge in [0, 0.05) is 0 Å². The quantitative estimate of drug-likeness (QED) is 0.400. The van der Waals surface area contributed by atoms with Crippen LogP contribution in [0.1, 0.15) is 99.8 Å². The first-order valence-electron chi connectivity index (χ1n) is 11.7. The van der Waals surface area contributed by atoms with Crippen molar-refractivity contribution in [3.05, 3.63) is 0 Å². The summed E-state index contributed by atoms with van der Waals surface area (Å²) in [6.45, 7) is 17.6. The first kappa shape index (κ1) is 21.5. The lowest BCUT2D eigenvalue weighted by atomic mass is 9.76. The molecule has 0 bridgehead atoms. The van der Waals surface area contributed by atoms with Crippen LogP contribution in [-0.4, -0.2) is 8.80 Å². The summed E-state index contributed by atoms with van der Waals surface area (Å²) < 4.78 is 0. The number of hydrogen-bond acceptors (Lipinski definition) is 0. The van der Waals surface area contributed by atoms with Crippen molar-refractivity contribution < 1.29 is 0 Å². The van der Waals surface area contributed by atoms with Crippen molar-refractivity contribution in [1.82, 2.24) is 0 Å². The zero-order valence-electron chi connectivity index (χ0n) is 18.5. The molecule has 1 radical (unpaired) electrons. The Hall–Kier alpha value is 0.217. The molecule has 0 aromatic rings. The van der Waals surface area contributed by atoms with Gasteiger partial charge in [-0.3, -0.25) is 0 Å². The summed E-state index contributed by atoms with van der Waals surface area (Å²) >= 11 is 0. The highest BCUT2D eigenvalue weighted by Gasteiger charge is 2.44. The Kier molecular flexibility index (Phi) is 8.57. The zero-order chi connectivity index (χ0) is 18.6.